The van der Waals surface area contributed by atoms with Crippen LogP contribution in [0.4, 0.5) is 0 Å². The van der Waals surface area contributed by atoms with E-state index in [4.69, 9.17) is 11.6 Å². The predicted molar refractivity (Wildman–Crippen MR) is 87.8 cm³/mol. The first-order chi connectivity index (χ1) is 10.2. The second-order valence-corrected chi connectivity index (χ2v) is 7.14. The Morgan fingerprint density at radius 2 is 1.81 bits per heavy atom. The molecule has 2 fully saturated rings. The Balaban J connectivity index is 1.76. The number of hydrogen-bond acceptors (Lipinski definition) is 2. The first kappa shape index (κ1) is 15.3. The Morgan fingerprint density at radius 3 is 2.48 bits per heavy atom. The highest BCUT2D eigenvalue weighted by molar-refractivity contribution is 6.30. The zero-order valence-electron chi connectivity index (χ0n) is 12.7. The third kappa shape index (κ3) is 3.28. The van der Waals surface area contributed by atoms with E-state index >= 15 is 0 Å². The lowest BCUT2D eigenvalue weighted by Gasteiger charge is -2.46. The molecular weight excluding hydrogens is 282 g/mol. The van der Waals surface area contributed by atoms with Gasteiger partial charge in [-0.2, -0.15) is 0 Å². The van der Waals surface area contributed by atoms with Gasteiger partial charge < -0.3 is 5.11 Å². The minimum absolute atomic E-state index is 0.0166. The summed E-state index contributed by atoms with van der Waals surface area (Å²) >= 11 is 6.08. The zero-order chi connectivity index (χ0) is 14.7. The van der Waals surface area contributed by atoms with Gasteiger partial charge in [0.05, 0.1) is 6.10 Å². The van der Waals surface area contributed by atoms with Crippen LogP contribution in [-0.2, 0) is 6.42 Å². The van der Waals surface area contributed by atoms with Gasteiger partial charge in [0.2, 0.25) is 0 Å². The Morgan fingerprint density at radius 1 is 1.10 bits per heavy atom. The summed E-state index contributed by atoms with van der Waals surface area (Å²) in [5, 5.41) is 11.8. The van der Waals surface area contributed by atoms with Crippen LogP contribution in [0.25, 0.3) is 0 Å². The van der Waals surface area contributed by atoms with Gasteiger partial charge in [-0.1, -0.05) is 43.0 Å². The van der Waals surface area contributed by atoms with Gasteiger partial charge in [-0.15, -0.1) is 0 Å². The molecule has 1 saturated carbocycles. The van der Waals surface area contributed by atoms with Gasteiger partial charge in [-0.3, -0.25) is 4.90 Å². The molecule has 2 aliphatic rings. The lowest BCUT2D eigenvalue weighted by molar-refractivity contribution is -0.0380. The van der Waals surface area contributed by atoms with Crippen molar-refractivity contribution in [3.63, 3.8) is 0 Å². The van der Waals surface area contributed by atoms with Gasteiger partial charge in [0.25, 0.3) is 0 Å². The van der Waals surface area contributed by atoms with Gasteiger partial charge in [0, 0.05) is 17.0 Å². The van der Waals surface area contributed by atoms with Crippen LogP contribution >= 0.6 is 11.6 Å². The lowest BCUT2D eigenvalue weighted by Crippen LogP contribution is -2.57. The summed E-state index contributed by atoms with van der Waals surface area (Å²) in [6.07, 6.45) is 9.15. The number of nitrogens with zero attached hydrogens (tertiary/aromatic N) is 1. The van der Waals surface area contributed by atoms with Crippen LogP contribution in [-0.4, -0.2) is 34.7 Å². The van der Waals surface area contributed by atoms with Crippen molar-refractivity contribution < 1.29 is 5.11 Å². The van der Waals surface area contributed by atoms with Crippen molar-refractivity contribution in [3.8, 4) is 0 Å². The number of rotatable bonds is 4. The molecule has 0 aromatic heterocycles. The van der Waals surface area contributed by atoms with Crippen LogP contribution in [0.3, 0.4) is 0 Å². The van der Waals surface area contributed by atoms with Crippen LogP contribution in [0, 0.1) is 0 Å². The fourth-order valence-electron chi connectivity index (χ4n) is 4.26. The monoisotopic (exact) mass is 307 g/mol. The SMILES string of the molecule is OC(Cc1cccc(Cl)c1)C1(N2CCCCC2)CCCC1. The molecule has 0 radical (unpaired) electrons. The molecule has 0 spiro atoms. The summed E-state index contributed by atoms with van der Waals surface area (Å²) in [6.45, 7) is 2.32. The fraction of sp³-hybridized carbons (Fsp3) is 0.667. The molecule has 1 unspecified atom stereocenters. The molecule has 1 aliphatic carbocycles. The van der Waals surface area contributed by atoms with Gasteiger partial charge in [0.15, 0.2) is 0 Å². The molecule has 0 amide bonds. The molecule has 1 N–H and O–H groups in total. The molecule has 2 nitrogen and oxygen atoms in total. The number of piperidine rings is 1. The average Bonchev–Trinajstić information content (AvgIpc) is 2.99. The maximum Gasteiger partial charge on any atom is 0.0764 e. The van der Waals surface area contributed by atoms with E-state index in [2.05, 4.69) is 11.0 Å². The van der Waals surface area contributed by atoms with E-state index in [9.17, 15) is 5.11 Å². The van der Waals surface area contributed by atoms with Crippen molar-refractivity contribution >= 4 is 11.6 Å². The quantitative estimate of drug-likeness (QED) is 0.907. The molecule has 1 aromatic carbocycles. The van der Waals surface area contributed by atoms with Gasteiger partial charge in [0.1, 0.15) is 0 Å². The molecule has 1 aliphatic heterocycles. The smallest absolute Gasteiger partial charge is 0.0764 e. The first-order valence-corrected chi connectivity index (χ1v) is 8.76. The molecule has 116 valence electrons. The van der Waals surface area contributed by atoms with Crippen molar-refractivity contribution in [1.82, 2.24) is 4.90 Å². The highest BCUT2D eigenvalue weighted by atomic mass is 35.5. The maximum absolute atomic E-state index is 11.0. The fourth-order valence-corrected chi connectivity index (χ4v) is 4.48. The average molecular weight is 308 g/mol. The van der Waals surface area contributed by atoms with E-state index < -0.39 is 0 Å². The molecule has 0 bridgehead atoms. The number of likely N-dealkylation sites (tertiary alicyclic amines) is 1. The van der Waals surface area contributed by atoms with Crippen LogP contribution in [0.1, 0.15) is 50.5 Å². The number of aliphatic hydroxyl groups is 1. The van der Waals surface area contributed by atoms with Crippen LogP contribution in [0.5, 0.6) is 0 Å². The van der Waals surface area contributed by atoms with E-state index in [0.29, 0.717) is 0 Å². The van der Waals surface area contributed by atoms with Crippen LogP contribution in [0.2, 0.25) is 5.02 Å². The third-order valence-corrected chi connectivity index (χ3v) is 5.63. The Bertz CT molecular complexity index is 464. The predicted octanol–water partition coefficient (Wildman–Crippen LogP) is 4.04. The Kier molecular flexibility index (Phi) is 4.88. The summed E-state index contributed by atoms with van der Waals surface area (Å²) in [5.41, 5.74) is 1.17. The highest BCUT2D eigenvalue weighted by Gasteiger charge is 2.45. The number of halogens is 1. The van der Waals surface area contributed by atoms with E-state index in [0.717, 1.165) is 42.9 Å². The molecular formula is C18H26ClNO. The van der Waals surface area contributed by atoms with Crippen molar-refractivity contribution in [1.29, 1.82) is 0 Å². The van der Waals surface area contributed by atoms with E-state index in [1.165, 1.54) is 32.1 Å². The van der Waals surface area contributed by atoms with E-state index in [1.54, 1.807) is 0 Å². The summed E-state index contributed by atoms with van der Waals surface area (Å²) < 4.78 is 0. The van der Waals surface area contributed by atoms with Crippen LogP contribution in [0.15, 0.2) is 24.3 Å². The topological polar surface area (TPSA) is 23.5 Å². The third-order valence-electron chi connectivity index (χ3n) is 5.39. The van der Waals surface area contributed by atoms with Gasteiger partial charge in [-0.05, 0) is 56.5 Å². The standard InChI is InChI=1S/C18H26ClNO/c19-16-8-6-7-15(13-16)14-17(21)18(9-2-3-10-18)20-11-4-1-5-12-20/h6-8,13,17,21H,1-5,9-12,14H2. The largest absolute Gasteiger partial charge is 0.391 e. The highest BCUT2D eigenvalue weighted by Crippen LogP contribution is 2.40. The number of hydrogen-bond donors (Lipinski definition) is 1. The molecule has 1 aromatic rings. The van der Waals surface area contributed by atoms with E-state index in [1.807, 2.05) is 18.2 Å². The van der Waals surface area contributed by atoms with Crippen molar-refractivity contribution in [2.75, 3.05) is 13.1 Å². The Labute approximate surface area is 133 Å². The van der Waals surface area contributed by atoms with Crippen molar-refractivity contribution in [2.45, 2.75) is 63.0 Å². The summed E-state index contributed by atoms with van der Waals surface area (Å²) in [4.78, 5) is 2.60. The van der Waals surface area contributed by atoms with Gasteiger partial charge >= 0.3 is 0 Å². The molecule has 3 rings (SSSR count). The molecule has 1 heterocycles. The van der Waals surface area contributed by atoms with Crippen LogP contribution < -0.4 is 0 Å². The zero-order valence-corrected chi connectivity index (χ0v) is 13.5. The second kappa shape index (κ2) is 6.68. The van der Waals surface area contributed by atoms with Crippen molar-refractivity contribution in [3.05, 3.63) is 34.9 Å². The first-order valence-electron chi connectivity index (χ1n) is 8.38. The summed E-state index contributed by atoms with van der Waals surface area (Å²) in [5.74, 6) is 0. The molecule has 1 atom stereocenters. The summed E-state index contributed by atoms with van der Waals surface area (Å²) in [6, 6.07) is 7.94. The normalized spacial score (nSPS) is 24.1. The van der Waals surface area contributed by atoms with E-state index in [-0.39, 0.29) is 11.6 Å². The number of benzene rings is 1. The number of aliphatic hydroxyl groups excluding tert-OH is 1. The minimum atomic E-state index is -0.281. The van der Waals surface area contributed by atoms with Gasteiger partial charge in [-0.25, -0.2) is 0 Å². The summed E-state index contributed by atoms with van der Waals surface area (Å²) in [7, 11) is 0. The second-order valence-electron chi connectivity index (χ2n) is 6.71. The van der Waals surface area contributed by atoms with Crippen molar-refractivity contribution in [2.24, 2.45) is 0 Å². The Hall–Kier alpha value is -0.570. The molecule has 1 saturated heterocycles. The molecule has 3 heteroatoms. The maximum atomic E-state index is 11.0. The minimum Gasteiger partial charge on any atom is -0.391 e. The lowest BCUT2D eigenvalue weighted by atomic mass is 9.83. The molecule has 21 heavy (non-hydrogen) atoms.